The Labute approximate surface area is 527 Å². The van der Waals surface area contributed by atoms with Crippen LogP contribution >= 0.6 is 0 Å². The summed E-state index contributed by atoms with van der Waals surface area (Å²) < 4.78 is 89.5. The molecule has 13 aliphatic carbocycles. The molecule has 2 aliphatic heterocycles. The molecule has 0 radical (unpaired) electrons. The van der Waals surface area contributed by atoms with Gasteiger partial charge in [0, 0.05) is 63.4 Å². The molecule has 21 heteroatoms. The van der Waals surface area contributed by atoms with E-state index in [1.807, 2.05) is 0 Å². The van der Waals surface area contributed by atoms with Crippen molar-refractivity contribution in [2.45, 2.75) is 254 Å². The zero-order chi connectivity index (χ0) is 65.3. The monoisotopic (exact) mass is 1280 g/mol. The predicted molar refractivity (Wildman–Crippen MR) is 328 cm³/mol. The first kappa shape index (κ1) is 68.7. The molecule has 15 fully saturated rings. The van der Waals surface area contributed by atoms with Crippen molar-refractivity contribution in [2.75, 3.05) is 6.61 Å². The molecule has 0 aromatic heterocycles. The molecular weight excluding hydrogens is 1180 g/mol. The Morgan fingerprint density at radius 1 is 0.562 bits per heavy atom. The molecule has 13 unspecified atom stereocenters. The second kappa shape index (κ2) is 25.7. The molecule has 15 aliphatic rings. The number of hydrogen-bond acceptors (Lipinski definition) is 19. The Hall–Kier alpha value is -4.70. The first-order chi connectivity index (χ1) is 41.4. The first-order valence-electron chi connectivity index (χ1n) is 32.6. The first-order valence-corrected chi connectivity index (χ1v) is 35.5. The summed E-state index contributed by atoms with van der Waals surface area (Å²) in [5.41, 5.74) is 0.741. The van der Waals surface area contributed by atoms with Gasteiger partial charge in [0.1, 0.15) is 41.2 Å². The van der Waals surface area contributed by atoms with Gasteiger partial charge in [-0.05, 0) is 205 Å². The van der Waals surface area contributed by atoms with Crippen molar-refractivity contribution < 1.29 is 87.5 Å². The van der Waals surface area contributed by atoms with Crippen LogP contribution in [0.5, 0.6) is 0 Å². The van der Waals surface area contributed by atoms with Gasteiger partial charge < -0.3 is 33.5 Å². The van der Waals surface area contributed by atoms with Gasteiger partial charge in [0.05, 0.1) is 16.1 Å². The van der Waals surface area contributed by atoms with E-state index in [1.165, 1.54) is 64.7 Å². The predicted octanol–water partition coefficient (Wildman–Crippen LogP) is 10.5. The summed E-state index contributed by atoms with van der Waals surface area (Å²) in [6, 6.07) is 0. The van der Waals surface area contributed by atoms with E-state index in [-0.39, 0.29) is 69.0 Å². The van der Waals surface area contributed by atoms with Crippen LogP contribution in [-0.4, -0.2) is 122 Å². The van der Waals surface area contributed by atoms with E-state index in [0.717, 1.165) is 69.1 Å². The lowest BCUT2D eigenvalue weighted by molar-refractivity contribution is -0.217. The molecule has 0 spiro atoms. The van der Waals surface area contributed by atoms with Gasteiger partial charge in [0.25, 0.3) is 20.2 Å². The number of carbonyl (C=O) groups excluding carboxylic acids is 6. The minimum Gasteiger partial charge on any atom is -0.457 e. The summed E-state index contributed by atoms with van der Waals surface area (Å²) in [5.74, 6) is 1.61. The van der Waals surface area contributed by atoms with Crippen LogP contribution in [0.15, 0.2) is 60.8 Å². The molecule has 13 saturated carbocycles. The zero-order valence-electron chi connectivity index (χ0n) is 53.9. The van der Waals surface area contributed by atoms with Gasteiger partial charge in [0.15, 0.2) is 6.61 Å². The summed E-state index contributed by atoms with van der Waals surface area (Å²) in [7, 11) is -6.96. The Morgan fingerprint density at radius 2 is 0.989 bits per heavy atom. The molecule has 1 N–H and O–H groups in total. The number of carbonyl (C=O) groups is 6. The highest BCUT2D eigenvalue weighted by atomic mass is 32.2. The highest BCUT2D eigenvalue weighted by molar-refractivity contribution is 7.88. The number of esters is 6. The molecule has 2 saturated heterocycles. The lowest BCUT2D eigenvalue weighted by Crippen LogP contribution is -2.60. The number of ether oxygens (including phenoxy) is 6. The third kappa shape index (κ3) is 14.1. The van der Waals surface area contributed by atoms with Crippen LogP contribution in [0.2, 0.25) is 0 Å². The van der Waals surface area contributed by atoms with E-state index >= 15 is 0 Å². The van der Waals surface area contributed by atoms with Gasteiger partial charge in [-0.3, -0.25) is 8.37 Å². The Morgan fingerprint density at radius 3 is 1.40 bits per heavy atom. The summed E-state index contributed by atoms with van der Waals surface area (Å²) in [4.78, 5) is 69.7. The highest BCUT2D eigenvalue weighted by Crippen LogP contribution is 2.65. The quantitative estimate of drug-likeness (QED) is 0.0691. The van der Waals surface area contributed by atoms with Gasteiger partial charge in [-0.2, -0.15) is 16.8 Å². The fraction of sp³-hybridized carbons (Fsp3) is 0.765. The lowest BCUT2D eigenvalue weighted by Gasteiger charge is -2.62. The van der Waals surface area contributed by atoms with E-state index in [2.05, 4.69) is 60.6 Å². The highest BCUT2D eigenvalue weighted by Gasteiger charge is 2.67. The van der Waals surface area contributed by atoms with Crippen molar-refractivity contribution in [2.24, 2.45) is 64.6 Å². The topological polar surface area (TPSA) is 265 Å². The molecule has 496 valence electrons. The van der Waals surface area contributed by atoms with Gasteiger partial charge in [-0.15, -0.1) is 0 Å². The maximum atomic E-state index is 12.1. The number of aliphatic hydroxyl groups is 1. The van der Waals surface area contributed by atoms with Crippen molar-refractivity contribution in [3.63, 3.8) is 0 Å². The second-order valence-corrected chi connectivity index (χ2v) is 33.6. The minimum absolute atomic E-state index is 0.00284. The van der Waals surface area contributed by atoms with Gasteiger partial charge >= 0.3 is 35.8 Å². The summed E-state index contributed by atoms with van der Waals surface area (Å²) in [5, 5.41) is 9.67. The second-order valence-electron chi connectivity index (χ2n) is 30.0. The van der Waals surface area contributed by atoms with Crippen molar-refractivity contribution in [3.8, 4) is 0 Å². The molecule has 2 heterocycles. The zero-order valence-corrected chi connectivity index (χ0v) is 55.6. The average molecular weight is 1280 g/mol. The van der Waals surface area contributed by atoms with Crippen LogP contribution in [0.3, 0.4) is 0 Å². The Kier molecular flexibility index (Phi) is 19.8. The van der Waals surface area contributed by atoms with Crippen LogP contribution in [0, 0.1) is 64.6 Å². The minimum atomic E-state index is -3.53. The fourth-order valence-corrected chi connectivity index (χ4v) is 22.7. The van der Waals surface area contributed by atoms with E-state index in [1.54, 1.807) is 27.7 Å². The summed E-state index contributed by atoms with van der Waals surface area (Å²) >= 11 is 0. The van der Waals surface area contributed by atoms with E-state index < -0.39 is 85.6 Å². The van der Waals surface area contributed by atoms with E-state index in [0.29, 0.717) is 65.7 Å². The molecule has 19 nitrogen and oxygen atoms in total. The SMILES string of the molecule is C=C(C)C(=O)OC(C)(CC)C12CC3CC(CC(C3)C1)C2.C=C(C)C(=O)OC1(C(C)C)CCCC1.C=C(C)C(=O)OC12CC3CC(CC(O)(C3)C1)C2.C=C(C)C(=O)OC1C2CC3C1OS(=O)(=O)C3C2.C=C(C)C(=O)OCC(=O)OC1C2CC3C1OS(=O)(=O)C3C2. The Balaban J connectivity index is 0.000000133. The number of hydrogen-bond donors (Lipinski definition) is 1. The van der Waals surface area contributed by atoms with Gasteiger partial charge in [-0.1, -0.05) is 53.7 Å². The molecule has 13 atom stereocenters. The third-order valence-corrected chi connectivity index (χ3v) is 26.2. The molecule has 12 bridgehead atoms. The molecule has 0 aromatic rings. The third-order valence-electron chi connectivity index (χ3n) is 22.6. The molecule has 89 heavy (non-hydrogen) atoms. The van der Waals surface area contributed by atoms with Gasteiger partial charge in [-0.25, -0.2) is 28.8 Å². The molecule has 0 aromatic carbocycles. The van der Waals surface area contributed by atoms with Crippen molar-refractivity contribution in [1.82, 2.24) is 0 Å². The standard InChI is InChI=1S/C18H28O2.C14H20O3.C13H16O7S.C12H20O2.C11H14O5S/c1-5-17(4,20-16(19)12(2)3)18-9-13-6-14(10-18)8-15(7-13)11-18;1-9(2)12(15)17-14-6-10-3-11(7-14)5-13(16,4-10)8-14;1-6(2)13(15)18-5-10(14)19-11-7-3-8-9(4-7)21(16,17)20-12(8)11;1-9(2)11(13)14-12(10(3)4)7-5-6-8-12;1-5(2)11(12)15-9-6-3-7-8(4-6)17(13,14)16-10(7)9/h13-15H,2,5-11H2,1,3-4H3;10-11,16H,1,3-8H2,2H3;7-9,11-12H,1,3-5H2,2H3;10H,1,5-8H2,2-4H3;6-10H,1,3-4H2,2H3. The maximum absolute atomic E-state index is 12.1. The summed E-state index contributed by atoms with van der Waals surface area (Å²) in [6.07, 6.45) is 19.3. The fourth-order valence-electron chi connectivity index (χ4n) is 18.9. The van der Waals surface area contributed by atoms with Crippen LogP contribution in [0.4, 0.5) is 0 Å². The van der Waals surface area contributed by atoms with Crippen molar-refractivity contribution in [1.29, 1.82) is 0 Å². The smallest absolute Gasteiger partial charge is 0.344 e. The largest absolute Gasteiger partial charge is 0.457 e. The summed E-state index contributed by atoms with van der Waals surface area (Å²) in [6.45, 7) is 34.2. The van der Waals surface area contributed by atoms with E-state index in [9.17, 15) is 50.7 Å². The number of fused-ring (bicyclic) bond motifs is 2. The van der Waals surface area contributed by atoms with Crippen LogP contribution in [0.1, 0.15) is 197 Å². The maximum Gasteiger partial charge on any atom is 0.344 e. The molecule has 0 amide bonds. The number of rotatable bonds is 15. The van der Waals surface area contributed by atoms with Crippen molar-refractivity contribution >= 4 is 56.1 Å². The van der Waals surface area contributed by atoms with E-state index in [4.69, 9.17) is 36.8 Å². The van der Waals surface area contributed by atoms with Crippen LogP contribution in [-0.2, 0) is 85.8 Å². The molecular formula is C68H98O19S2. The lowest BCUT2D eigenvalue weighted by atomic mass is 9.45. The van der Waals surface area contributed by atoms with Gasteiger partial charge in [0.2, 0.25) is 0 Å². The molecule has 15 rings (SSSR count). The normalized spacial score (nSPS) is 38.9. The Bertz CT molecular complexity index is 3050. The average Bonchev–Trinajstić information content (AvgIpc) is 1.71. The van der Waals surface area contributed by atoms with Crippen LogP contribution in [0.25, 0.3) is 0 Å². The van der Waals surface area contributed by atoms with Crippen molar-refractivity contribution in [3.05, 3.63) is 60.8 Å². The van der Waals surface area contributed by atoms with Crippen LogP contribution < -0.4 is 0 Å².